The van der Waals surface area contributed by atoms with Crippen LogP contribution in [-0.4, -0.2) is 17.6 Å². The van der Waals surface area contributed by atoms with Crippen molar-refractivity contribution in [3.05, 3.63) is 33.9 Å². The van der Waals surface area contributed by atoms with Crippen molar-refractivity contribution in [3.8, 4) is 0 Å². The maximum absolute atomic E-state index is 11.1. The highest BCUT2D eigenvalue weighted by Crippen LogP contribution is 2.27. The number of rotatable bonds is 7. The van der Waals surface area contributed by atoms with E-state index in [0.29, 0.717) is 18.4 Å². The molecule has 0 aromatic heterocycles. The van der Waals surface area contributed by atoms with Gasteiger partial charge in [-0.15, -0.1) is 0 Å². The Balaban J connectivity index is 2.02. The fourth-order valence-electron chi connectivity index (χ4n) is 2.50. The van der Waals surface area contributed by atoms with Gasteiger partial charge in [0, 0.05) is 12.6 Å². The number of nitrogens with zero attached hydrogens (tertiary/aromatic N) is 1. The number of hydrogen-bond acceptors (Lipinski definition) is 4. The number of nitro benzene ring substituents is 1. The quantitative estimate of drug-likeness (QED) is 0.607. The lowest BCUT2D eigenvalue weighted by molar-refractivity contribution is -0.384. The monoisotopic (exact) mass is 278 g/mol. The van der Waals surface area contributed by atoms with Gasteiger partial charge in [0.1, 0.15) is 5.69 Å². The first kappa shape index (κ1) is 14.8. The second-order valence-electron chi connectivity index (χ2n) is 5.25. The van der Waals surface area contributed by atoms with Crippen molar-refractivity contribution < 1.29 is 9.66 Å². The zero-order chi connectivity index (χ0) is 14.4. The molecule has 1 saturated carbocycles. The van der Waals surface area contributed by atoms with Crippen LogP contribution in [0.2, 0.25) is 0 Å². The average Bonchev–Trinajstić information content (AvgIpc) is 2.96. The third-order valence-electron chi connectivity index (χ3n) is 3.61. The van der Waals surface area contributed by atoms with Gasteiger partial charge in [-0.3, -0.25) is 10.1 Å². The first-order valence-corrected chi connectivity index (χ1v) is 7.33. The van der Waals surface area contributed by atoms with Crippen molar-refractivity contribution in [3.63, 3.8) is 0 Å². The summed E-state index contributed by atoms with van der Waals surface area (Å²) in [5, 5.41) is 14.2. The van der Waals surface area contributed by atoms with E-state index in [1.807, 2.05) is 13.0 Å². The van der Waals surface area contributed by atoms with Crippen LogP contribution >= 0.6 is 0 Å². The normalized spacial score (nSPS) is 15.4. The van der Waals surface area contributed by atoms with E-state index in [1.165, 1.54) is 12.8 Å². The lowest BCUT2D eigenvalue weighted by atomic mass is 10.1. The van der Waals surface area contributed by atoms with Crippen molar-refractivity contribution in [1.82, 2.24) is 0 Å². The molecule has 1 aromatic rings. The lowest BCUT2D eigenvalue weighted by Gasteiger charge is -2.12. The first-order valence-electron chi connectivity index (χ1n) is 7.33. The Morgan fingerprint density at radius 3 is 2.80 bits per heavy atom. The van der Waals surface area contributed by atoms with Crippen LogP contribution in [0.25, 0.3) is 0 Å². The number of nitro groups is 1. The summed E-state index contributed by atoms with van der Waals surface area (Å²) in [6.45, 7) is 3.22. The molecule has 1 N–H and O–H groups in total. The molecule has 0 radical (unpaired) electrons. The summed E-state index contributed by atoms with van der Waals surface area (Å²) >= 11 is 0. The Morgan fingerprint density at radius 1 is 1.40 bits per heavy atom. The fraction of sp³-hybridized carbons (Fsp3) is 0.600. The zero-order valence-corrected chi connectivity index (χ0v) is 11.9. The molecule has 1 aliphatic carbocycles. The van der Waals surface area contributed by atoms with Crippen LogP contribution in [0.4, 0.5) is 11.4 Å². The smallest absolute Gasteiger partial charge is 0.292 e. The topological polar surface area (TPSA) is 64.4 Å². The van der Waals surface area contributed by atoms with Gasteiger partial charge in [0.2, 0.25) is 0 Å². The number of benzene rings is 1. The van der Waals surface area contributed by atoms with E-state index in [0.717, 1.165) is 31.4 Å². The average molecular weight is 278 g/mol. The summed E-state index contributed by atoms with van der Waals surface area (Å²) in [4.78, 5) is 10.8. The second kappa shape index (κ2) is 7.24. The van der Waals surface area contributed by atoms with Gasteiger partial charge in [0.05, 0.1) is 17.6 Å². The summed E-state index contributed by atoms with van der Waals surface area (Å²) in [6, 6.07) is 5.30. The third kappa shape index (κ3) is 3.93. The maximum atomic E-state index is 11.1. The van der Waals surface area contributed by atoms with Crippen LogP contribution in [0.1, 0.15) is 44.6 Å². The Kier molecular flexibility index (Phi) is 5.35. The van der Waals surface area contributed by atoms with Crippen LogP contribution in [0.5, 0.6) is 0 Å². The van der Waals surface area contributed by atoms with E-state index >= 15 is 0 Å². The Morgan fingerprint density at radius 2 is 2.15 bits per heavy atom. The van der Waals surface area contributed by atoms with Crippen LogP contribution < -0.4 is 5.32 Å². The van der Waals surface area contributed by atoms with Crippen LogP contribution in [0, 0.1) is 10.1 Å². The predicted octanol–water partition coefficient (Wildman–Crippen LogP) is 3.88. The molecule has 2 rings (SSSR count). The molecule has 0 heterocycles. The van der Waals surface area contributed by atoms with E-state index in [-0.39, 0.29) is 10.6 Å². The summed E-state index contributed by atoms with van der Waals surface area (Å²) in [6.07, 6.45) is 5.93. The van der Waals surface area contributed by atoms with Gasteiger partial charge in [-0.2, -0.15) is 0 Å². The van der Waals surface area contributed by atoms with Crippen molar-refractivity contribution in [2.45, 2.75) is 51.7 Å². The molecular formula is C15H22N2O3. The highest BCUT2D eigenvalue weighted by molar-refractivity contribution is 5.62. The minimum absolute atomic E-state index is 0.131. The van der Waals surface area contributed by atoms with Crippen LogP contribution in [-0.2, 0) is 11.3 Å². The summed E-state index contributed by atoms with van der Waals surface area (Å²) in [7, 11) is 0. The molecule has 1 aliphatic rings. The van der Waals surface area contributed by atoms with E-state index in [9.17, 15) is 10.1 Å². The molecule has 0 saturated heterocycles. The molecule has 1 aromatic carbocycles. The van der Waals surface area contributed by atoms with Gasteiger partial charge in [0.25, 0.3) is 5.69 Å². The molecule has 0 unspecified atom stereocenters. The van der Waals surface area contributed by atoms with Crippen LogP contribution in [0.15, 0.2) is 18.2 Å². The predicted molar refractivity (Wildman–Crippen MR) is 78.9 cm³/mol. The van der Waals surface area contributed by atoms with Crippen LogP contribution in [0.3, 0.4) is 0 Å². The molecule has 0 bridgehead atoms. The number of hydrogen-bond donors (Lipinski definition) is 1. The second-order valence-corrected chi connectivity index (χ2v) is 5.25. The van der Waals surface area contributed by atoms with Crippen molar-refractivity contribution in [2.75, 3.05) is 11.9 Å². The molecular weight excluding hydrogens is 256 g/mol. The molecule has 0 spiro atoms. The van der Waals surface area contributed by atoms with E-state index in [1.54, 1.807) is 12.1 Å². The Labute approximate surface area is 119 Å². The molecule has 5 heteroatoms. The number of ether oxygens (including phenoxy) is 1. The third-order valence-corrected chi connectivity index (χ3v) is 3.61. The van der Waals surface area contributed by atoms with E-state index in [2.05, 4.69) is 5.32 Å². The molecule has 0 amide bonds. The molecule has 110 valence electrons. The number of anilines is 1. The van der Waals surface area contributed by atoms with E-state index < -0.39 is 0 Å². The first-order chi connectivity index (χ1) is 9.70. The largest absolute Gasteiger partial charge is 0.380 e. The van der Waals surface area contributed by atoms with Crippen molar-refractivity contribution in [2.24, 2.45) is 0 Å². The molecule has 1 fully saturated rings. The standard InChI is InChI=1S/C15H22N2O3/c1-2-9-16-14-8-7-12(10-15(14)17(18)19)11-20-13-5-3-4-6-13/h7-8,10,13,16H,2-6,9,11H2,1H3. The molecule has 5 nitrogen and oxygen atoms in total. The number of nitrogens with one attached hydrogen (secondary N) is 1. The Bertz CT molecular complexity index is 456. The lowest BCUT2D eigenvalue weighted by Crippen LogP contribution is -2.08. The summed E-state index contributed by atoms with van der Waals surface area (Å²) in [5.41, 5.74) is 1.58. The van der Waals surface area contributed by atoms with Gasteiger partial charge >= 0.3 is 0 Å². The molecule has 20 heavy (non-hydrogen) atoms. The van der Waals surface area contributed by atoms with E-state index in [4.69, 9.17) is 4.74 Å². The summed E-state index contributed by atoms with van der Waals surface area (Å²) in [5.74, 6) is 0. The fourth-order valence-corrected chi connectivity index (χ4v) is 2.50. The SMILES string of the molecule is CCCNc1ccc(COC2CCCC2)cc1[N+](=O)[O-]. The Hall–Kier alpha value is -1.62. The summed E-state index contributed by atoms with van der Waals surface area (Å²) < 4.78 is 5.80. The van der Waals surface area contributed by atoms with Gasteiger partial charge in [-0.25, -0.2) is 0 Å². The minimum Gasteiger partial charge on any atom is -0.380 e. The van der Waals surface area contributed by atoms with Gasteiger partial charge in [0.15, 0.2) is 0 Å². The van der Waals surface area contributed by atoms with Crippen molar-refractivity contribution >= 4 is 11.4 Å². The van der Waals surface area contributed by atoms with Crippen molar-refractivity contribution in [1.29, 1.82) is 0 Å². The van der Waals surface area contributed by atoms with Gasteiger partial charge < -0.3 is 10.1 Å². The maximum Gasteiger partial charge on any atom is 0.292 e. The molecule has 0 atom stereocenters. The highest BCUT2D eigenvalue weighted by Gasteiger charge is 2.17. The zero-order valence-electron chi connectivity index (χ0n) is 11.9. The molecule has 0 aliphatic heterocycles. The van der Waals surface area contributed by atoms with Gasteiger partial charge in [-0.05, 0) is 30.9 Å². The highest BCUT2D eigenvalue weighted by atomic mass is 16.6. The minimum atomic E-state index is -0.336. The van der Waals surface area contributed by atoms with Gasteiger partial charge in [-0.1, -0.05) is 25.8 Å².